The zero-order valence-electron chi connectivity index (χ0n) is 11.0. The van der Waals surface area contributed by atoms with Crippen LogP contribution in [0.1, 0.15) is 10.5 Å². The number of rotatable bonds is 1. The summed E-state index contributed by atoms with van der Waals surface area (Å²) >= 11 is 3.40. The number of benzene rings is 1. The van der Waals surface area contributed by atoms with E-state index in [1.165, 1.54) is 0 Å². The highest BCUT2D eigenvalue weighted by Crippen LogP contribution is 2.21. The molecule has 1 aliphatic heterocycles. The molecular formula is C14H14BrN3O2. The topological polar surface area (TPSA) is 56.4 Å². The summed E-state index contributed by atoms with van der Waals surface area (Å²) in [4.78, 5) is 30.4. The Bertz CT molecular complexity index is 695. The molecule has 1 aromatic carbocycles. The molecule has 0 radical (unpaired) electrons. The van der Waals surface area contributed by atoms with Gasteiger partial charge >= 0.3 is 0 Å². The summed E-state index contributed by atoms with van der Waals surface area (Å²) in [6.07, 6.45) is 0. The molecule has 2 heterocycles. The van der Waals surface area contributed by atoms with Crippen LogP contribution >= 0.6 is 15.9 Å². The van der Waals surface area contributed by atoms with Crippen molar-refractivity contribution in [1.82, 2.24) is 14.8 Å². The third kappa shape index (κ3) is 2.31. The van der Waals surface area contributed by atoms with Gasteiger partial charge in [0.25, 0.3) is 5.91 Å². The SMILES string of the molecule is CN1CCN(C(=O)c2cc3ccc(Br)cc3[nH]2)CC1=O. The van der Waals surface area contributed by atoms with Crippen LogP contribution in [0.15, 0.2) is 28.7 Å². The van der Waals surface area contributed by atoms with Crippen molar-refractivity contribution in [3.8, 4) is 0 Å². The van der Waals surface area contributed by atoms with E-state index in [9.17, 15) is 9.59 Å². The minimum Gasteiger partial charge on any atom is -0.350 e. The molecule has 0 bridgehead atoms. The van der Waals surface area contributed by atoms with Gasteiger partial charge in [0.05, 0.1) is 0 Å². The van der Waals surface area contributed by atoms with Gasteiger partial charge in [0, 0.05) is 35.5 Å². The Balaban J connectivity index is 1.87. The number of carbonyl (C=O) groups is 2. The summed E-state index contributed by atoms with van der Waals surface area (Å²) < 4.78 is 0.959. The van der Waals surface area contributed by atoms with Crippen LogP contribution in [0.4, 0.5) is 0 Å². The van der Waals surface area contributed by atoms with Crippen LogP contribution in [0.3, 0.4) is 0 Å². The maximum Gasteiger partial charge on any atom is 0.270 e. The molecule has 1 aromatic heterocycles. The number of amides is 2. The molecule has 1 saturated heterocycles. The van der Waals surface area contributed by atoms with E-state index in [1.54, 1.807) is 16.8 Å². The van der Waals surface area contributed by atoms with Crippen LogP contribution in [0.2, 0.25) is 0 Å². The van der Waals surface area contributed by atoms with Crippen molar-refractivity contribution in [2.24, 2.45) is 0 Å². The number of hydrogen-bond donors (Lipinski definition) is 1. The number of likely N-dealkylation sites (N-methyl/N-ethyl adjacent to an activating group) is 1. The molecule has 20 heavy (non-hydrogen) atoms. The molecule has 5 nitrogen and oxygen atoms in total. The average Bonchev–Trinajstić information content (AvgIpc) is 2.84. The summed E-state index contributed by atoms with van der Waals surface area (Å²) in [6.45, 7) is 1.30. The van der Waals surface area contributed by atoms with E-state index in [-0.39, 0.29) is 18.4 Å². The van der Waals surface area contributed by atoms with E-state index in [1.807, 2.05) is 24.3 Å². The fraction of sp³-hybridized carbons (Fsp3) is 0.286. The van der Waals surface area contributed by atoms with Crippen molar-refractivity contribution in [1.29, 1.82) is 0 Å². The summed E-state index contributed by atoms with van der Waals surface area (Å²) in [6, 6.07) is 7.64. The smallest absolute Gasteiger partial charge is 0.270 e. The van der Waals surface area contributed by atoms with Gasteiger partial charge in [-0.05, 0) is 18.2 Å². The van der Waals surface area contributed by atoms with Gasteiger partial charge in [-0.2, -0.15) is 0 Å². The Kier molecular flexibility index (Phi) is 3.25. The molecule has 3 rings (SSSR count). The second-order valence-corrected chi connectivity index (χ2v) is 5.87. The zero-order valence-corrected chi connectivity index (χ0v) is 12.6. The third-order valence-corrected chi connectivity index (χ3v) is 4.05. The average molecular weight is 336 g/mol. The normalized spacial score (nSPS) is 16.0. The van der Waals surface area contributed by atoms with Crippen LogP contribution < -0.4 is 0 Å². The molecular weight excluding hydrogens is 322 g/mol. The van der Waals surface area contributed by atoms with Gasteiger partial charge in [0.1, 0.15) is 12.2 Å². The first-order valence-corrected chi connectivity index (χ1v) is 7.15. The standard InChI is InChI=1S/C14H14BrN3O2/c1-17-4-5-18(8-13(17)19)14(20)12-6-9-2-3-10(15)7-11(9)16-12/h2-3,6-7,16H,4-5,8H2,1H3. The number of hydrogen-bond acceptors (Lipinski definition) is 2. The van der Waals surface area contributed by atoms with E-state index in [0.29, 0.717) is 18.8 Å². The molecule has 0 atom stereocenters. The van der Waals surface area contributed by atoms with Crippen molar-refractivity contribution in [3.63, 3.8) is 0 Å². The Hall–Kier alpha value is -1.82. The van der Waals surface area contributed by atoms with E-state index in [0.717, 1.165) is 15.4 Å². The quantitative estimate of drug-likeness (QED) is 0.864. The highest BCUT2D eigenvalue weighted by atomic mass is 79.9. The number of fused-ring (bicyclic) bond motifs is 1. The second-order valence-electron chi connectivity index (χ2n) is 4.96. The van der Waals surface area contributed by atoms with Crippen LogP contribution in [0.25, 0.3) is 10.9 Å². The fourth-order valence-electron chi connectivity index (χ4n) is 2.32. The van der Waals surface area contributed by atoms with Crippen LogP contribution in [-0.4, -0.2) is 53.3 Å². The van der Waals surface area contributed by atoms with Crippen LogP contribution in [-0.2, 0) is 4.79 Å². The first-order chi connectivity index (χ1) is 9.54. The molecule has 0 aliphatic carbocycles. The van der Waals surface area contributed by atoms with Gasteiger partial charge in [-0.25, -0.2) is 0 Å². The highest BCUT2D eigenvalue weighted by Gasteiger charge is 2.26. The first-order valence-electron chi connectivity index (χ1n) is 6.36. The molecule has 0 unspecified atom stereocenters. The number of nitrogens with one attached hydrogen (secondary N) is 1. The largest absolute Gasteiger partial charge is 0.350 e. The van der Waals surface area contributed by atoms with Crippen LogP contribution in [0, 0.1) is 0 Å². The third-order valence-electron chi connectivity index (χ3n) is 3.56. The van der Waals surface area contributed by atoms with Gasteiger partial charge in [-0.1, -0.05) is 22.0 Å². The van der Waals surface area contributed by atoms with Crippen molar-refractivity contribution >= 4 is 38.6 Å². The van der Waals surface area contributed by atoms with E-state index in [2.05, 4.69) is 20.9 Å². The Labute approximate surface area is 124 Å². The Morgan fingerprint density at radius 3 is 2.85 bits per heavy atom. The maximum absolute atomic E-state index is 12.4. The summed E-state index contributed by atoms with van der Waals surface area (Å²) in [5.74, 6) is -0.151. The molecule has 0 saturated carbocycles. The molecule has 2 aromatic rings. The van der Waals surface area contributed by atoms with E-state index in [4.69, 9.17) is 0 Å². The number of aromatic amines is 1. The van der Waals surface area contributed by atoms with Crippen molar-refractivity contribution in [2.75, 3.05) is 26.7 Å². The lowest BCUT2D eigenvalue weighted by molar-refractivity contribution is -0.133. The number of halogens is 1. The van der Waals surface area contributed by atoms with E-state index >= 15 is 0 Å². The Morgan fingerprint density at radius 1 is 1.30 bits per heavy atom. The minimum atomic E-state index is -0.126. The van der Waals surface area contributed by atoms with Gasteiger partial charge in [0.2, 0.25) is 5.91 Å². The van der Waals surface area contributed by atoms with Gasteiger partial charge in [0.15, 0.2) is 0 Å². The second kappa shape index (κ2) is 4.94. The lowest BCUT2D eigenvalue weighted by Crippen LogP contribution is -2.50. The predicted octanol–water partition coefficient (Wildman–Crippen LogP) is 1.84. The molecule has 0 spiro atoms. The monoisotopic (exact) mass is 335 g/mol. The lowest BCUT2D eigenvalue weighted by Gasteiger charge is -2.31. The molecule has 1 aliphatic rings. The van der Waals surface area contributed by atoms with Crippen molar-refractivity contribution in [3.05, 3.63) is 34.4 Å². The first kappa shape index (κ1) is 13.2. The van der Waals surface area contributed by atoms with Gasteiger partial charge < -0.3 is 14.8 Å². The number of nitrogens with zero attached hydrogens (tertiary/aromatic N) is 2. The number of carbonyl (C=O) groups excluding carboxylic acids is 2. The molecule has 2 amide bonds. The van der Waals surface area contributed by atoms with Crippen LogP contribution in [0.5, 0.6) is 0 Å². The lowest BCUT2D eigenvalue weighted by atomic mass is 10.2. The number of aromatic nitrogens is 1. The molecule has 1 fully saturated rings. The maximum atomic E-state index is 12.4. The fourth-order valence-corrected chi connectivity index (χ4v) is 2.68. The van der Waals surface area contributed by atoms with Gasteiger partial charge in [-0.3, -0.25) is 9.59 Å². The summed E-state index contributed by atoms with van der Waals surface area (Å²) in [5, 5.41) is 0.983. The number of piperazine rings is 1. The number of H-pyrrole nitrogens is 1. The molecule has 1 N–H and O–H groups in total. The molecule has 104 valence electrons. The highest BCUT2D eigenvalue weighted by molar-refractivity contribution is 9.10. The summed E-state index contributed by atoms with van der Waals surface area (Å²) in [5.41, 5.74) is 1.43. The predicted molar refractivity (Wildman–Crippen MR) is 79.5 cm³/mol. The minimum absolute atomic E-state index is 0.0246. The van der Waals surface area contributed by atoms with Gasteiger partial charge in [-0.15, -0.1) is 0 Å². The zero-order chi connectivity index (χ0) is 14.3. The summed E-state index contributed by atoms with van der Waals surface area (Å²) in [7, 11) is 1.75. The van der Waals surface area contributed by atoms with Crippen molar-refractivity contribution < 1.29 is 9.59 Å². The Morgan fingerprint density at radius 2 is 2.10 bits per heavy atom. The van der Waals surface area contributed by atoms with E-state index < -0.39 is 0 Å². The van der Waals surface area contributed by atoms with Crippen molar-refractivity contribution in [2.45, 2.75) is 0 Å². The molecule has 6 heteroatoms.